The van der Waals surface area contributed by atoms with E-state index in [4.69, 9.17) is 0 Å². The summed E-state index contributed by atoms with van der Waals surface area (Å²) in [7, 11) is 0. The fraction of sp³-hybridized carbons (Fsp3) is 0.500. The number of benzene rings is 2. The van der Waals surface area contributed by atoms with Gasteiger partial charge in [-0.05, 0) is 61.6 Å². The third-order valence-electron chi connectivity index (χ3n) is 7.70. The molecule has 1 aromatic heterocycles. The molecule has 1 N–H and O–H groups in total. The Bertz CT molecular complexity index is 960. The summed E-state index contributed by atoms with van der Waals surface area (Å²) >= 11 is 0. The van der Waals surface area contributed by atoms with Crippen LogP contribution < -0.4 is 5.32 Å². The molecule has 3 aromatic rings. The van der Waals surface area contributed by atoms with Crippen molar-refractivity contribution in [1.82, 2.24) is 14.8 Å². The number of hydrogen-bond donors (Lipinski definition) is 1. The van der Waals surface area contributed by atoms with Crippen LogP contribution in [0, 0.1) is 5.92 Å². The second kappa shape index (κ2) is 9.58. The van der Waals surface area contributed by atoms with Gasteiger partial charge in [-0.1, -0.05) is 55.5 Å². The van der Waals surface area contributed by atoms with Crippen LogP contribution in [0.25, 0.3) is 10.9 Å². The van der Waals surface area contributed by atoms with Crippen LogP contribution in [0.3, 0.4) is 0 Å². The van der Waals surface area contributed by atoms with E-state index in [1.807, 2.05) is 0 Å². The zero-order valence-electron chi connectivity index (χ0n) is 19.0. The number of nitrogens with zero attached hydrogens (tertiary/aromatic N) is 2. The summed E-state index contributed by atoms with van der Waals surface area (Å²) in [5, 5.41) is 5.07. The minimum atomic E-state index is 0.631. The van der Waals surface area contributed by atoms with Gasteiger partial charge in [0.25, 0.3) is 0 Å². The Morgan fingerprint density at radius 2 is 1.48 bits per heavy atom. The topological polar surface area (TPSA) is 20.2 Å². The number of likely N-dealkylation sites (tertiary alicyclic amines) is 1. The van der Waals surface area contributed by atoms with E-state index >= 15 is 0 Å². The van der Waals surface area contributed by atoms with Gasteiger partial charge in [0.1, 0.15) is 0 Å². The van der Waals surface area contributed by atoms with Crippen molar-refractivity contribution in [1.29, 1.82) is 0 Å². The lowest BCUT2D eigenvalue weighted by atomic mass is 9.85. The van der Waals surface area contributed by atoms with Gasteiger partial charge in [0, 0.05) is 55.4 Å². The summed E-state index contributed by atoms with van der Waals surface area (Å²) in [5.74, 6) is 0.939. The Hall–Kier alpha value is -2.10. The highest BCUT2D eigenvalue weighted by molar-refractivity contribution is 5.84. The standard InChI is InChI=1S/C28H37N3/c1-22-11-13-25(14-12-22)30-17-15-26(16-18-30)31-21-24(27-9-5-6-10-28(27)31)20-29-19-23-7-3-2-4-8-23/h2-10,21-22,25-26,29H,11-20H2,1H3/t22-,25+. The van der Waals surface area contributed by atoms with Crippen molar-refractivity contribution >= 4 is 10.9 Å². The van der Waals surface area contributed by atoms with Crippen LogP contribution in [-0.4, -0.2) is 28.6 Å². The summed E-state index contributed by atoms with van der Waals surface area (Å²) in [6.07, 6.45) is 10.7. The molecule has 2 fully saturated rings. The van der Waals surface area contributed by atoms with E-state index < -0.39 is 0 Å². The van der Waals surface area contributed by atoms with E-state index in [1.54, 1.807) is 0 Å². The first-order valence-electron chi connectivity index (χ1n) is 12.3. The molecule has 0 bridgehead atoms. The molecule has 1 saturated heterocycles. The number of aromatic nitrogens is 1. The maximum atomic E-state index is 3.66. The summed E-state index contributed by atoms with van der Waals surface area (Å²) in [4.78, 5) is 2.80. The molecule has 5 rings (SSSR count). The predicted molar refractivity (Wildman–Crippen MR) is 130 cm³/mol. The minimum Gasteiger partial charge on any atom is -0.344 e. The normalized spacial score (nSPS) is 23.4. The van der Waals surface area contributed by atoms with Crippen molar-refractivity contribution in [2.24, 2.45) is 5.92 Å². The van der Waals surface area contributed by atoms with E-state index in [2.05, 4.69) is 82.5 Å². The Morgan fingerprint density at radius 1 is 0.774 bits per heavy atom. The molecule has 1 aliphatic heterocycles. The predicted octanol–water partition coefficient (Wildman–Crippen LogP) is 6.15. The second-order valence-electron chi connectivity index (χ2n) is 9.85. The highest BCUT2D eigenvalue weighted by Crippen LogP contribution is 2.34. The molecular weight excluding hydrogens is 378 g/mol. The van der Waals surface area contributed by atoms with E-state index in [1.165, 1.54) is 73.6 Å². The molecule has 0 spiro atoms. The van der Waals surface area contributed by atoms with Crippen molar-refractivity contribution in [3.63, 3.8) is 0 Å². The molecular formula is C28H37N3. The van der Waals surface area contributed by atoms with Crippen LogP contribution in [-0.2, 0) is 13.1 Å². The molecule has 0 radical (unpaired) electrons. The monoisotopic (exact) mass is 415 g/mol. The van der Waals surface area contributed by atoms with Gasteiger partial charge in [0.2, 0.25) is 0 Å². The fourth-order valence-electron chi connectivity index (χ4n) is 5.79. The molecule has 2 aromatic carbocycles. The summed E-state index contributed by atoms with van der Waals surface area (Å²) in [6.45, 7) is 6.78. The van der Waals surface area contributed by atoms with Gasteiger partial charge in [-0.3, -0.25) is 0 Å². The first kappa shape index (κ1) is 20.8. The highest BCUT2D eigenvalue weighted by Gasteiger charge is 2.29. The van der Waals surface area contributed by atoms with Gasteiger partial charge in [0.15, 0.2) is 0 Å². The van der Waals surface area contributed by atoms with E-state index in [0.717, 1.165) is 25.0 Å². The number of hydrogen-bond acceptors (Lipinski definition) is 2. The van der Waals surface area contributed by atoms with Crippen molar-refractivity contribution in [3.8, 4) is 0 Å². The molecule has 1 aliphatic carbocycles. The molecule has 0 amide bonds. The van der Waals surface area contributed by atoms with Gasteiger partial charge in [-0.25, -0.2) is 0 Å². The third kappa shape index (κ3) is 4.73. The van der Waals surface area contributed by atoms with Crippen LogP contribution in [0.4, 0.5) is 0 Å². The van der Waals surface area contributed by atoms with Crippen LogP contribution in [0.1, 0.15) is 62.6 Å². The van der Waals surface area contributed by atoms with Crippen molar-refractivity contribution in [2.75, 3.05) is 13.1 Å². The van der Waals surface area contributed by atoms with Crippen molar-refractivity contribution < 1.29 is 0 Å². The Labute approximate surface area is 187 Å². The maximum Gasteiger partial charge on any atom is 0.0486 e. The summed E-state index contributed by atoms with van der Waals surface area (Å²) < 4.78 is 2.59. The van der Waals surface area contributed by atoms with Crippen molar-refractivity contribution in [2.45, 2.75) is 70.6 Å². The molecule has 0 unspecified atom stereocenters. The van der Waals surface area contributed by atoms with Gasteiger partial charge >= 0.3 is 0 Å². The average molecular weight is 416 g/mol. The molecule has 1 saturated carbocycles. The Morgan fingerprint density at radius 3 is 2.26 bits per heavy atom. The first-order valence-corrected chi connectivity index (χ1v) is 12.3. The van der Waals surface area contributed by atoms with Crippen LogP contribution >= 0.6 is 0 Å². The minimum absolute atomic E-state index is 0.631. The summed E-state index contributed by atoms with van der Waals surface area (Å²) in [5.41, 5.74) is 4.18. The first-order chi connectivity index (χ1) is 15.3. The molecule has 164 valence electrons. The number of rotatable bonds is 6. The molecule has 2 heterocycles. The maximum absolute atomic E-state index is 3.66. The molecule has 3 heteroatoms. The quantitative estimate of drug-likeness (QED) is 0.521. The van der Waals surface area contributed by atoms with Crippen LogP contribution in [0.5, 0.6) is 0 Å². The van der Waals surface area contributed by atoms with Gasteiger partial charge in [0.05, 0.1) is 0 Å². The highest BCUT2D eigenvalue weighted by atomic mass is 15.2. The van der Waals surface area contributed by atoms with Gasteiger partial charge in [-0.15, -0.1) is 0 Å². The van der Waals surface area contributed by atoms with Crippen molar-refractivity contribution in [3.05, 3.63) is 71.9 Å². The SMILES string of the molecule is C[C@H]1CC[C@@H](N2CCC(n3cc(CNCc4ccccc4)c4ccccc43)CC2)CC1. The largest absolute Gasteiger partial charge is 0.344 e. The Balaban J connectivity index is 1.25. The van der Waals surface area contributed by atoms with E-state index in [0.29, 0.717) is 6.04 Å². The lowest BCUT2D eigenvalue weighted by molar-refractivity contribution is 0.0995. The molecule has 3 nitrogen and oxygen atoms in total. The zero-order valence-corrected chi connectivity index (χ0v) is 19.0. The smallest absolute Gasteiger partial charge is 0.0486 e. The fourth-order valence-corrected chi connectivity index (χ4v) is 5.79. The Kier molecular flexibility index (Phi) is 6.42. The second-order valence-corrected chi connectivity index (χ2v) is 9.85. The van der Waals surface area contributed by atoms with Crippen LogP contribution in [0.2, 0.25) is 0 Å². The van der Waals surface area contributed by atoms with E-state index in [-0.39, 0.29) is 0 Å². The number of para-hydroxylation sites is 1. The van der Waals surface area contributed by atoms with Gasteiger partial charge in [-0.2, -0.15) is 0 Å². The molecule has 2 aliphatic rings. The lowest BCUT2D eigenvalue weighted by Gasteiger charge is -2.40. The van der Waals surface area contributed by atoms with E-state index in [9.17, 15) is 0 Å². The third-order valence-corrected chi connectivity index (χ3v) is 7.70. The number of fused-ring (bicyclic) bond motifs is 1. The van der Waals surface area contributed by atoms with Gasteiger partial charge < -0.3 is 14.8 Å². The number of nitrogens with one attached hydrogen (secondary N) is 1. The number of piperidine rings is 1. The molecule has 31 heavy (non-hydrogen) atoms. The lowest BCUT2D eigenvalue weighted by Crippen LogP contribution is -2.43. The average Bonchev–Trinajstić information content (AvgIpc) is 3.19. The zero-order chi connectivity index (χ0) is 21.0. The molecule has 0 atom stereocenters. The van der Waals surface area contributed by atoms with Crippen LogP contribution in [0.15, 0.2) is 60.8 Å². The summed E-state index contributed by atoms with van der Waals surface area (Å²) in [6, 6.07) is 21.1.